The van der Waals surface area contributed by atoms with Crippen molar-refractivity contribution in [3.05, 3.63) is 0 Å². The molecular weight excluding hydrogens is 316 g/mol. The number of aliphatic hydroxyl groups excluding tert-OH is 1. The molecule has 8 nitrogen and oxygen atoms in total. The van der Waals surface area contributed by atoms with Crippen molar-refractivity contribution in [3.8, 4) is 0 Å². The monoisotopic (exact) mass is 348 g/mol. The molecule has 0 fully saturated rings. The van der Waals surface area contributed by atoms with Gasteiger partial charge >= 0.3 is 5.97 Å². The van der Waals surface area contributed by atoms with E-state index >= 15 is 0 Å². The Morgan fingerprint density at radius 2 is 1.62 bits per heavy atom. The minimum atomic E-state index is -0.996. The summed E-state index contributed by atoms with van der Waals surface area (Å²) in [5.41, 5.74) is 0. The Kier molecular flexibility index (Phi) is 23.6. The molecule has 0 radical (unpaired) electrons. The standard InChI is InChI=1S/C13H22N2O5.C2H6.CH4O/c1-10(17)14-8-4-2-3-5-12(18)15-11(9-16)6-7-13(19)20;2*1-2/h9,11H,2-8H2,1H3,(H,14,17)(H,15,18)(H,19,20);1-2H3;2H,1H3. The summed E-state index contributed by atoms with van der Waals surface area (Å²) in [6.45, 7) is 6.04. The van der Waals surface area contributed by atoms with Gasteiger partial charge in [-0.3, -0.25) is 14.4 Å². The van der Waals surface area contributed by atoms with Crippen LogP contribution in [0.3, 0.4) is 0 Å². The minimum Gasteiger partial charge on any atom is -0.481 e. The summed E-state index contributed by atoms with van der Waals surface area (Å²) in [5, 5.41) is 20.6. The van der Waals surface area contributed by atoms with Gasteiger partial charge in [-0.15, -0.1) is 0 Å². The number of aldehydes is 1. The Balaban J connectivity index is -0.00000102. The van der Waals surface area contributed by atoms with Crippen LogP contribution in [0.15, 0.2) is 0 Å². The highest BCUT2D eigenvalue weighted by Crippen LogP contribution is 2.01. The van der Waals surface area contributed by atoms with Crippen molar-refractivity contribution in [1.82, 2.24) is 10.6 Å². The first-order chi connectivity index (χ1) is 11.5. The molecule has 2 amide bonds. The van der Waals surface area contributed by atoms with E-state index in [0.29, 0.717) is 19.3 Å². The predicted octanol–water partition coefficient (Wildman–Crippen LogP) is 0.866. The van der Waals surface area contributed by atoms with E-state index in [4.69, 9.17) is 10.2 Å². The van der Waals surface area contributed by atoms with Crippen LogP contribution in [0.4, 0.5) is 0 Å². The van der Waals surface area contributed by atoms with E-state index in [2.05, 4.69) is 10.6 Å². The number of unbranched alkanes of at least 4 members (excludes halogenated alkanes) is 2. The summed E-state index contributed by atoms with van der Waals surface area (Å²) in [6.07, 6.45) is 3.05. The lowest BCUT2D eigenvalue weighted by atomic mass is 10.1. The summed E-state index contributed by atoms with van der Waals surface area (Å²) in [6, 6.07) is -0.738. The number of nitrogens with one attached hydrogen (secondary N) is 2. The van der Waals surface area contributed by atoms with Gasteiger partial charge in [0, 0.05) is 33.4 Å². The van der Waals surface area contributed by atoms with Gasteiger partial charge in [0.2, 0.25) is 11.8 Å². The van der Waals surface area contributed by atoms with Crippen molar-refractivity contribution in [2.75, 3.05) is 13.7 Å². The highest BCUT2D eigenvalue weighted by atomic mass is 16.4. The number of carboxylic acids is 1. The first-order valence-corrected chi connectivity index (χ1v) is 8.11. The van der Waals surface area contributed by atoms with Crippen LogP contribution < -0.4 is 10.6 Å². The molecule has 0 spiro atoms. The van der Waals surface area contributed by atoms with Crippen LogP contribution in [0.5, 0.6) is 0 Å². The van der Waals surface area contributed by atoms with Gasteiger partial charge in [-0.2, -0.15) is 0 Å². The molecule has 0 aromatic heterocycles. The fourth-order valence-electron chi connectivity index (χ4n) is 1.58. The molecule has 24 heavy (non-hydrogen) atoms. The third-order valence-electron chi connectivity index (χ3n) is 2.63. The molecule has 1 unspecified atom stereocenters. The molecule has 0 bridgehead atoms. The van der Waals surface area contributed by atoms with Crippen molar-refractivity contribution in [2.24, 2.45) is 0 Å². The van der Waals surface area contributed by atoms with E-state index in [9.17, 15) is 19.2 Å². The summed E-state index contributed by atoms with van der Waals surface area (Å²) in [5.74, 6) is -1.33. The molecule has 0 aliphatic rings. The van der Waals surface area contributed by atoms with E-state index in [1.165, 1.54) is 6.92 Å². The summed E-state index contributed by atoms with van der Waals surface area (Å²) < 4.78 is 0. The van der Waals surface area contributed by atoms with Crippen molar-refractivity contribution in [2.45, 2.75) is 65.3 Å². The van der Waals surface area contributed by atoms with Crippen molar-refractivity contribution < 1.29 is 29.4 Å². The lowest BCUT2D eigenvalue weighted by Gasteiger charge is -2.11. The molecule has 0 heterocycles. The number of aliphatic carboxylic acids is 1. The average Bonchev–Trinajstić information content (AvgIpc) is 2.57. The Bertz CT molecular complexity index is 347. The van der Waals surface area contributed by atoms with Crippen LogP contribution in [-0.4, -0.2) is 54.0 Å². The van der Waals surface area contributed by atoms with Gasteiger partial charge in [0.25, 0.3) is 0 Å². The summed E-state index contributed by atoms with van der Waals surface area (Å²) >= 11 is 0. The maximum atomic E-state index is 11.5. The summed E-state index contributed by atoms with van der Waals surface area (Å²) in [4.78, 5) is 43.2. The van der Waals surface area contributed by atoms with E-state index in [-0.39, 0.29) is 31.1 Å². The van der Waals surface area contributed by atoms with E-state index < -0.39 is 12.0 Å². The van der Waals surface area contributed by atoms with Gasteiger partial charge in [-0.05, 0) is 19.3 Å². The van der Waals surface area contributed by atoms with Gasteiger partial charge in [0.15, 0.2) is 0 Å². The molecule has 0 saturated heterocycles. The molecule has 0 aromatic carbocycles. The number of rotatable bonds is 11. The lowest BCUT2D eigenvalue weighted by molar-refractivity contribution is -0.137. The molecule has 142 valence electrons. The molecule has 4 N–H and O–H groups in total. The maximum absolute atomic E-state index is 11.5. The van der Waals surface area contributed by atoms with E-state index in [0.717, 1.165) is 20.0 Å². The number of carbonyl (C=O) groups excluding carboxylic acids is 3. The number of hydrogen-bond acceptors (Lipinski definition) is 5. The number of carbonyl (C=O) groups is 4. The number of hydrogen-bond donors (Lipinski definition) is 4. The van der Waals surface area contributed by atoms with Gasteiger partial charge in [0.1, 0.15) is 6.29 Å². The maximum Gasteiger partial charge on any atom is 0.303 e. The van der Waals surface area contributed by atoms with Crippen LogP contribution >= 0.6 is 0 Å². The highest BCUT2D eigenvalue weighted by Gasteiger charge is 2.12. The molecule has 0 aromatic rings. The topological polar surface area (TPSA) is 133 Å². The van der Waals surface area contributed by atoms with Crippen molar-refractivity contribution >= 4 is 24.1 Å². The Morgan fingerprint density at radius 3 is 2.08 bits per heavy atom. The largest absolute Gasteiger partial charge is 0.481 e. The van der Waals surface area contributed by atoms with Crippen molar-refractivity contribution in [1.29, 1.82) is 0 Å². The van der Waals surface area contributed by atoms with Gasteiger partial charge in [0.05, 0.1) is 6.04 Å². The predicted molar refractivity (Wildman–Crippen MR) is 91.5 cm³/mol. The average molecular weight is 348 g/mol. The Morgan fingerprint density at radius 1 is 1.04 bits per heavy atom. The zero-order valence-electron chi connectivity index (χ0n) is 15.1. The number of aliphatic hydroxyl groups is 1. The number of amides is 2. The quantitative estimate of drug-likeness (QED) is 0.323. The minimum absolute atomic E-state index is 0.0741. The molecule has 1 atom stereocenters. The van der Waals surface area contributed by atoms with Crippen molar-refractivity contribution in [3.63, 3.8) is 0 Å². The third-order valence-corrected chi connectivity index (χ3v) is 2.63. The molecular formula is C16H32N2O6. The van der Waals surface area contributed by atoms with Gasteiger partial charge in [-0.1, -0.05) is 20.3 Å². The first kappa shape index (κ1) is 26.9. The molecule has 0 rings (SSSR count). The zero-order chi connectivity index (χ0) is 19.4. The van der Waals surface area contributed by atoms with Crippen LogP contribution in [0.2, 0.25) is 0 Å². The SMILES string of the molecule is CC.CC(=O)NCCCCCC(=O)NC(C=O)CCC(=O)O.CO. The smallest absolute Gasteiger partial charge is 0.303 e. The Hall–Kier alpha value is -1.96. The zero-order valence-corrected chi connectivity index (χ0v) is 15.1. The molecule has 0 saturated carbocycles. The Labute approximate surface area is 144 Å². The fourth-order valence-corrected chi connectivity index (χ4v) is 1.58. The number of carboxylic acid groups (broad SMARTS) is 1. The lowest BCUT2D eigenvalue weighted by Crippen LogP contribution is -2.36. The molecule has 0 aliphatic heterocycles. The second-order valence-electron chi connectivity index (χ2n) is 4.54. The van der Waals surface area contributed by atoms with Gasteiger partial charge < -0.3 is 25.6 Å². The van der Waals surface area contributed by atoms with Crippen LogP contribution in [0, 0.1) is 0 Å². The van der Waals surface area contributed by atoms with E-state index in [1.807, 2.05) is 13.8 Å². The molecule has 8 heteroatoms. The van der Waals surface area contributed by atoms with Crippen LogP contribution in [0.1, 0.15) is 59.3 Å². The van der Waals surface area contributed by atoms with E-state index in [1.54, 1.807) is 0 Å². The second kappa shape index (κ2) is 21.0. The van der Waals surface area contributed by atoms with Gasteiger partial charge in [-0.25, -0.2) is 0 Å². The molecule has 0 aliphatic carbocycles. The third kappa shape index (κ3) is 22.3. The second-order valence-corrected chi connectivity index (χ2v) is 4.54. The fraction of sp³-hybridized carbons (Fsp3) is 0.750. The first-order valence-electron chi connectivity index (χ1n) is 8.11. The summed E-state index contributed by atoms with van der Waals surface area (Å²) in [7, 11) is 1.00. The van der Waals surface area contributed by atoms with Crippen LogP contribution in [0.25, 0.3) is 0 Å². The normalized spacial score (nSPS) is 10.0. The van der Waals surface area contributed by atoms with Crippen LogP contribution in [-0.2, 0) is 19.2 Å². The highest BCUT2D eigenvalue weighted by molar-refractivity contribution is 5.79.